The average molecular weight is 409 g/mol. The number of hydrogen-bond acceptors (Lipinski definition) is 6. The predicted molar refractivity (Wildman–Crippen MR) is 114 cm³/mol. The molecule has 3 rings (SSSR count). The van der Waals surface area contributed by atoms with Crippen LogP contribution in [-0.2, 0) is 9.53 Å². The van der Waals surface area contributed by atoms with Crippen molar-refractivity contribution < 1.29 is 14.5 Å². The van der Waals surface area contributed by atoms with Gasteiger partial charge in [-0.05, 0) is 23.8 Å². The van der Waals surface area contributed by atoms with E-state index in [0.717, 1.165) is 11.1 Å². The summed E-state index contributed by atoms with van der Waals surface area (Å²) in [6.45, 7) is 0.735. The van der Waals surface area contributed by atoms with Gasteiger partial charge in [0.1, 0.15) is 0 Å². The van der Waals surface area contributed by atoms with Crippen molar-refractivity contribution in [2.75, 3.05) is 25.2 Å². The number of aromatic nitrogens is 1. The lowest BCUT2D eigenvalue weighted by Crippen LogP contribution is -2.32. The Morgan fingerprint density at radius 1 is 1.21 bits per heavy atom. The summed E-state index contributed by atoms with van der Waals surface area (Å²) in [6, 6.07) is 15.7. The Morgan fingerprint density at radius 2 is 1.93 bits per heavy atom. The Labute approximate surface area is 172 Å². The minimum atomic E-state index is -0.444. The third-order valence-electron chi connectivity index (χ3n) is 4.10. The normalized spacial score (nSPS) is 10.9. The summed E-state index contributed by atoms with van der Waals surface area (Å²) in [5, 5.41) is 13.2. The summed E-state index contributed by atoms with van der Waals surface area (Å²) in [7, 11) is 1.58. The van der Waals surface area contributed by atoms with Gasteiger partial charge in [-0.3, -0.25) is 19.8 Å². The van der Waals surface area contributed by atoms with Crippen LogP contribution in [0.15, 0.2) is 66.1 Å². The quantitative estimate of drug-likeness (QED) is 0.312. The third-order valence-corrected chi connectivity index (χ3v) is 4.96. The van der Waals surface area contributed by atoms with Gasteiger partial charge in [0.2, 0.25) is 0 Å². The number of thiazole rings is 1. The van der Waals surface area contributed by atoms with E-state index >= 15 is 0 Å². The lowest BCUT2D eigenvalue weighted by Gasteiger charge is -2.17. The van der Waals surface area contributed by atoms with Gasteiger partial charge >= 0.3 is 0 Å². The SMILES string of the molecule is COCCN(C(=O)/C=C/c1ccccc1)c1nc(-c2ccc([N+](=O)[O-])cc2)cs1. The first-order valence-electron chi connectivity index (χ1n) is 8.82. The van der Waals surface area contributed by atoms with Crippen molar-refractivity contribution >= 4 is 34.1 Å². The largest absolute Gasteiger partial charge is 0.383 e. The van der Waals surface area contributed by atoms with Gasteiger partial charge in [-0.2, -0.15) is 0 Å². The summed E-state index contributed by atoms with van der Waals surface area (Å²) in [5.74, 6) is -0.199. The number of hydrogen-bond donors (Lipinski definition) is 0. The van der Waals surface area contributed by atoms with Crippen LogP contribution in [0.25, 0.3) is 17.3 Å². The number of carbonyl (C=O) groups is 1. The minimum Gasteiger partial charge on any atom is -0.383 e. The molecule has 0 N–H and O–H groups in total. The molecule has 2 aromatic carbocycles. The molecular formula is C21H19N3O4S. The van der Waals surface area contributed by atoms with Crippen LogP contribution in [0.4, 0.5) is 10.8 Å². The predicted octanol–water partition coefficient (Wildman–Crippen LogP) is 4.41. The Morgan fingerprint density at radius 3 is 2.59 bits per heavy atom. The van der Waals surface area contributed by atoms with E-state index in [9.17, 15) is 14.9 Å². The summed E-state index contributed by atoms with van der Waals surface area (Å²) in [6.07, 6.45) is 3.27. The minimum absolute atomic E-state index is 0.0205. The van der Waals surface area contributed by atoms with Gasteiger partial charge in [0.25, 0.3) is 11.6 Å². The Bertz CT molecular complexity index is 1000. The molecule has 0 radical (unpaired) electrons. The topological polar surface area (TPSA) is 85.6 Å². The number of nitrogens with zero attached hydrogens (tertiary/aromatic N) is 3. The highest BCUT2D eigenvalue weighted by Crippen LogP contribution is 2.29. The van der Waals surface area contributed by atoms with Crippen LogP contribution < -0.4 is 4.90 Å². The van der Waals surface area contributed by atoms with Gasteiger partial charge in [0.05, 0.1) is 23.8 Å². The highest BCUT2D eigenvalue weighted by Gasteiger charge is 2.18. The summed E-state index contributed by atoms with van der Waals surface area (Å²) < 4.78 is 5.13. The summed E-state index contributed by atoms with van der Waals surface area (Å²) >= 11 is 1.33. The molecule has 0 saturated carbocycles. The fraction of sp³-hybridized carbons (Fsp3) is 0.143. The van der Waals surface area contributed by atoms with Crippen LogP contribution in [0.1, 0.15) is 5.56 Å². The molecule has 3 aromatic rings. The molecule has 1 aromatic heterocycles. The second-order valence-electron chi connectivity index (χ2n) is 6.05. The Hall–Kier alpha value is -3.36. The van der Waals surface area contributed by atoms with Crippen LogP contribution in [0.5, 0.6) is 0 Å². The number of anilines is 1. The zero-order valence-corrected chi connectivity index (χ0v) is 16.5. The molecule has 0 bridgehead atoms. The number of benzene rings is 2. The lowest BCUT2D eigenvalue weighted by molar-refractivity contribution is -0.384. The van der Waals surface area contributed by atoms with Crippen LogP contribution in [0, 0.1) is 10.1 Å². The Balaban J connectivity index is 1.81. The zero-order valence-electron chi connectivity index (χ0n) is 15.7. The van der Waals surface area contributed by atoms with E-state index in [-0.39, 0.29) is 11.6 Å². The summed E-state index contributed by atoms with van der Waals surface area (Å²) in [5.41, 5.74) is 2.35. The first-order chi connectivity index (χ1) is 14.1. The average Bonchev–Trinajstić information content (AvgIpc) is 3.23. The van der Waals surface area contributed by atoms with Crippen molar-refractivity contribution in [2.45, 2.75) is 0 Å². The number of nitro groups is 1. The highest BCUT2D eigenvalue weighted by molar-refractivity contribution is 7.14. The Kier molecular flexibility index (Phi) is 6.83. The van der Waals surface area contributed by atoms with E-state index in [1.165, 1.54) is 29.5 Å². The van der Waals surface area contributed by atoms with E-state index in [0.29, 0.717) is 24.0 Å². The second-order valence-corrected chi connectivity index (χ2v) is 6.88. The highest BCUT2D eigenvalue weighted by atomic mass is 32.1. The van der Waals surface area contributed by atoms with Crippen LogP contribution in [0.3, 0.4) is 0 Å². The fourth-order valence-corrected chi connectivity index (χ4v) is 3.44. The maximum Gasteiger partial charge on any atom is 0.269 e. The molecule has 29 heavy (non-hydrogen) atoms. The first kappa shape index (κ1) is 20.4. The van der Waals surface area contributed by atoms with E-state index in [1.54, 1.807) is 30.2 Å². The number of nitro benzene ring substituents is 1. The van der Waals surface area contributed by atoms with E-state index in [4.69, 9.17) is 4.74 Å². The maximum atomic E-state index is 12.8. The zero-order chi connectivity index (χ0) is 20.6. The molecule has 0 unspecified atom stereocenters. The van der Waals surface area contributed by atoms with Gasteiger partial charge in [0, 0.05) is 36.3 Å². The number of ether oxygens (including phenoxy) is 1. The first-order valence-corrected chi connectivity index (χ1v) is 9.70. The fourth-order valence-electron chi connectivity index (χ4n) is 2.58. The van der Waals surface area contributed by atoms with Crippen molar-refractivity contribution in [1.29, 1.82) is 0 Å². The van der Waals surface area contributed by atoms with Crippen LogP contribution in [-0.4, -0.2) is 36.1 Å². The molecule has 148 valence electrons. The molecular weight excluding hydrogens is 390 g/mol. The summed E-state index contributed by atoms with van der Waals surface area (Å²) in [4.78, 5) is 29.2. The number of carbonyl (C=O) groups excluding carboxylic acids is 1. The van der Waals surface area contributed by atoms with Crippen molar-refractivity contribution in [1.82, 2.24) is 4.98 Å². The number of amides is 1. The number of non-ortho nitro benzene ring substituents is 1. The van der Waals surface area contributed by atoms with Gasteiger partial charge in [-0.15, -0.1) is 11.3 Å². The molecule has 0 aliphatic heterocycles. The molecule has 0 spiro atoms. The molecule has 0 saturated heterocycles. The molecule has 0 aliphatic carbocycles. The van der Waals surface area contributed by atoms with Crippen LogP contribution in [0.2, 0.25) is 0 Å². The lowest BCUT2D eigenvalue weighted by atomic mass is 10.1. The monoisotopic (exact) mass is 409 g/mol. The van der Waals surface area contributed by atoms with Gasteiger partial charge in [-0.25, -0.2) is 4.98 Å². The van der Waals surface area contributed by atoms with Crippen molar-refractivity contribution in [2.24, 2.45) is 0 Å². The second kappa shape index (κ2) is 9.72. The van der Waals surface area contributed by atoms with Gasteiger partial charge in [0.15, 0.2) is 5.13 Å². The standard InChI is InChI=1S/C21H19N3O4S/c1-28-14-13-23(20(25)12-7-16-5-3-2-4-6-16)21-22-19(15-29-21)17-8-10-18(11-9-17)24(26)27/h2-12,15H,13-14H2,1H3/b12-7+. The van der Waals surface area contributed by atoms with E-state index < -0.39 is 4.92 Å². The van der Waals surface area contributed by atoms with Crippen molar-refractivity contribution in [3.63, 3.8) is 0 Å². The van der Waals surface area contributed by atoms with Crippen molar-refractivity contribution in [3.8, 4) is 11.3 Å². The van der Waals surface area contributed by atoms with E-state index in [1.807, 2.05) is 35.7 Å². The molecule has 1 amide bonds. The molecule has 0 atom stereocenters. The third kappa shape index (κ3) is 5.34. The van der Waals surface area contributed by atoms with Gasteiger partial charge < -0.3 is 4.74 Å². The number of rotatable bonds is 8. The smallest absolute Gasteiger partial charge is 0.269 e. The van der Waals surface area contributed by atoms with E-state index in [2.05, 4.69) is 4.98 Å². The molecule has 0 fully saturated rings. The van der Waals surface area contributed by atoms with Crippen LogP contribution >= 0.6 is 11.3 Å². The molecule has 0 aliphatic rings. The molecule has 7 nitrogen and oxygen atoms in total. The molecule has 1 heterocycles. The molecule has 8 heteroatoms. The number of methoxy groups -OCH3 is 1. The van der Waals surface area contributed by atoms with Gasteiger partial charge in [-0.1, -0.05) is 30.3 Å². The van der Waals surface area contributed by atoms with Crippen molar-refractivity contribution in [3.05, 3.63) is 81.7 Å². The maximum absolute atomic E-state index is 12.8.